The molecule has 0 spiro atoms. The first-order chi connectivity index (χ1) is 12.8. The lowest BCUT2D eigenvalue weighted by Crippen LogP contribution is -2.48. The summed E-state index contributed by atoms with van der Waals surface area (Å²) in [5.41, 5.74) is 1.28. The highest BCUT2D eigenvalue weighted by atomic mass is 127. The highest BCUT2D eigenvalue weighted by molar-refractivity contribution is 14.0. The fourth-order valence-corrected chi connectivity index (χ4v) is 3.49. The molecule has 2 N–H and O–H groups in total. The average Bonchev–Trinajstić information content (AvgIpc) is 3.21. The van der Waals surface area contributed by atoms with E-state index in [-0.39, 0.29) is 30.0 Å². The number of rotatable bonds is 6. The lowest BCUT2D eigenvalue weighted by Gasteiger charge is -2.35. The number of benzene rings is 1. The minimum Gasteiger partial charge on any atom is -0.497 e. The van der Waals surface area contributed by atoms with Crippen LogP contribution < -0.4 is 15.4 Å². The molecule has 0 amide bonds. The zero-order valence-corrected chi connectivity index (χ0v) is 18.5. The Morgan fingerprint density at radius 2 is 1.89 bits per heavy atom. The quantitative estimate of drug-likeness (QED) is 0.280. The lowest BCUT2D eigenvalue weighted by molar-refractivity contribution is 0.0170. The molecule has 27 heavy (non-hydrogen) atoms. The SMILES string of the molecule is CN=C(NCC(c1ccc(OC)cc1)N1CCOCC1)NC1CC=CC1.I. The smallest absolute Gasteiger partial charge is 0.191 e. The topological polar surface area (TPSA) is 58.1 Å². The molecule has 7 heteroatoms. The predicted octanol–water partition coefficient (Wildman–Crippen LogP) is 2.57. The number of halogens is 1. The van der Waals surface area contributed by atoms with Gasteiger partial charge in [-0.05, 0) is 30.5 Å². The number of nitrogens with one attached hydrogen (secondary N) is 2. The molecule has 1 aliphatic carbocycles. The standard InChI is InChI=1S/C20H30N4O2.HI/c1-21-20(23-17-5-3-4-6-17)22-15-19(24-11-13-26-14-12-24)16-7-9-18(25-2)10-8-16;/h3-4,7-10,17,19H,5-6,11-15H2,1-2H3,(H2,21,22,23);1H. The average molecular weight is 486 g/mol. The van der Waals surface area contributed by atoms with Crippen molar-refractivity contribution in [3.05, 3.63) is 42.0 Å². The van der Waals surface area contributed by atoms with Crippen molar-refractivity contribution >= 4 is 29.9 Å². The molecule has 1 saturated heterocycles. The third-order valence-corrected chi connectivity index (χ3v) is 5.02. The molecule has 1 heterocycles. The van der Waals surface area contributed by atoms with Crippen LogP contribution in [0.3, 0.4) is 0 Å². The molecule has 1 aromatic rings. The molecule has 150 valence electrons. The number of ether oxygens (including phenoxy) is 2. The number of nitrogens with zero attached hydrogens (tertiary/aromatic N) is 2. The number of guanidine groups is 1. The lowest BCUT2D eigenvalue weighted by atomic mass is 10.0. The summed E-state index contributed by atoms with van der Waals surface area (Å²) in [4.78, 5) is 6.87. The highest BCUT2D eigenvalue weighted by Crippen LogP contribution is 2.23. The fourth-order valence-electron chi connectivity index (χ4n) is 3.49. The Kier molecular flexibility index (Phi) is 9.36. The van der Waals surface area contributed by atoms with Crippen LogP contribution in [0.15, 0.2) is 41.4 Å². The van der Waals surface area contributed by atoms with Crippen molar-refractivity contribution in [2.45, 2.75) is 24.9 Å². The molecule has 0 bridgehead atoms. The van der Waals surface area contributed by atoms with Crippen molar-refractivity contribution in [3.8, 4) is 5.75 Å². The van der Waals surface area contributed by atoms with Crippen LogP contribution in [0.25, 0.3) is 0 Å². The Hall–Kier alpha value is -1.32. The Morgan fingerprint density at radius 3 is 2.48 bits per heavy atom. The molecule has 0 saturated carbocycles. The minimum absolute atomic E-state index is 0. The van der Waals surface area contributed by atoms with Crippen molar-refractivity contribution in [2.75, 3.05) is 47.0 Å². The minimum atomic E-state index is 0. The van der Waals surface area contributed by atoms with E-state index in [1.54, 1.807) is 7.11 Å². The van der Waals surface area contributed by atoms with Gasteiger partial charge in [0.25, 0.3) is 0 Å². The van der Waals surface area contributed by atoms with E-state index in [0.717, 1.165) is 57.4 Å². The zero-order valence-electron chi connectivity index (χ0n) is 16.2. The van der Waals surface area contributed by atoms with Gasteiger partial charge in [-0.2, -0.15) is 0 Å². The van der Waals surface area contributed by atoms with Gasteiger partial charge in [-0.15, -0.1) is 24.0 Å². The number of aliphatic imine (C=N–C) groups is 1. The van der Waals surface area contributed by atoms with Gasteiger partial charge in [0.15, 0.2) is 5.96 Å². The third kappa shape index (κ3) is 6.36. The van der Waals surface area contributed by atoms with Gasteiger partial charge in [-0.3, -0.25) is 9.89 Å². The molecule has 6 nitrogen and oxygen atoms in total. The molecule has 1 unspecified atom stereocenters. The molecule has 3 rings (SSSR count). The molecule has 0 aromatic heterocycles. The maximum absolute atomic E-state index is 5.53. The number of hydrogen-bond acceptors (Lipinski definition) is 4. The summed E-state index contributed by atoms with van der Waals surface area (Å²) in [7, 11) is 3.53. The van der Waals surface area contributed by atoms with E-state index >= 15 is 0 Å². The van der Waals surface area contributed by atoms with Gasteiger partial charge in [0.2, 0.25) is 0 Å². The van der Waals surface area contributed by atoms with Crippen molar-refractivity contribution in [2.24, 2.45) is 4.99 Å². The predicted molar refractivity (Wildman–Crippen MR) is 120 cm³/mol. The first-order valence-electron chi connectivity index (χ1n) is 9.38. The van der Waals surface area contributed by atoms with Crippen molar-refractivity contribution in [1.29, 1.82) is 0 Å². The van der Waals surface area contributed by atoms with Crippen LogP contribution in [-0.4, -0.2) is 63.9 Å². The van der Waals surface area contributed by atoms with Gasteiger partial charge < -0.3 is 20.1 Å². The van der Waals surface area contributed by atoms with Crippen molar-refractivity contribution < 1.29 is 9.47 Å². The summed E-state index contributed by atoms with van der Waals surface area (Å²) in [6, 6.07) is 9.07. The first kappa shape index (κ1) is 22.0. The van der Waals surface area contributed by atoms with E-state index in [0.29, 0.717) is 6.04 Å². The molecule has 1 aromatic carbocycles. The molecule has 1 aliphatic heterocycles. The maximum Gasteiger partial charge on any atom is 0.191 e. The van der Waals surface area contributed by atoms with E-state index in [9.17, 15) is 0 Å². The second kappa shape index (κ2) is 11.5. The number of hydrogen-bond donors (Lipinski definition) is 2. The second-order valence-corrected chi connectivity index (χ2v) is 6.67. The van der Waals surface area contributed by atoms with Crippen LogP contribution in [0.4, 0.5) is 0 Å². The van der Waals surface area contributed by atoms with Crippen LogP contribution in [0, 0.1) is 0 Å². The summed E-state index contributed by atoms with van der Waals surface area (Å²) >= 11 is 0. The van der Waals surface area contributed by atoms with Crippen LogP contribution in [0.5, 0.6) is 5.75 Å². The fraction of sp³-hybridized carbons (Fsp3) is 0.550. The highest BCUT2D eigenvalue weighted by Gasteiger charge is 2.23. The zero-order chi connectivity index (χ0) is 18.2. The monoisotopic (exact) mass is 486 g/mol. The first-order valence-corrected chi connectivity index (χ1v) is 9.38. The van der Waals surface area contributed by atoms with Gasteiger partial charge >= 0.3 is 0 Å². The van der Waals surface area contributed by atoms with Gasteiger partial charge in [-0.1, -0.05) is 24.3 Å². The summed E-state index contributed by atoms with van der Waals surface area (Å²) < 4.78 is 10.8. The van der Waals surface area contributed by atoms with Crippen molar-refractivity contribution in [3.63, 3.8) is 0 Å². The second-order valence-electron chi connectivity index (χ2n) is 6.67. The van der Waals surface area contributed by atoms with E-state index in [1.807, 2.05) is 19.2 Å². The van der Waals surface area contributed by atoms with Gasteiger partial charge in [-0.25, -0.2) is 0 Å². The Balaban J connectivity index is 0.00000261. The molecule has 2 aliphatic rings. The van der Waals surface area contributed by atoms with Crippen molar-refractivity contribution in [1.82, 2.24) is 15.5 Å². The van der Waals surface area contributed by atoms with Crippen LogP contribution in [0.2, 0.25) is 0 Å². The third-order valence-electron chi connectivity index (χ3n) is 5.02. The normalized spacial score (nSPS) is 19.4. The molecule has 1 fully saturated rings. The van der Waals surface area contributed by atoms with E-state index in [1.165, 1.54) is 5.56 Å². The van der Waals surface area contributed by atoms with Gasteiger partial charge in [0, 0.05) is 32.7 Å². The molecular formula is C20H31IN4O2. The summed E-state index contributed by atoms with van der Waals surface area (Å²) in [5, 5.41) is 7.02. The number of methoxy groups -OCH3 is 1. The van der Waals surface area contributed by atoms with E-state index in [2.05, 4.69) is 44.8 Å². The largest absolute Gasteiger partial charge is 0.497 e. The Bertz CT molecular complexity index is 607. The molecule has 1 atom stereocenters. The Morgan fingerprint density at radius 1 is 1.22 bits per heavy atom. The summed E-state index contributed by atoms with van der Waals surface area (Å²) in [6.45, 7) is 4.25. The van der Waals surface area contributed by atoms with Crippen LogP contribution >= 0.6 is 24.0 Å². The van der Waals surface area contributed by atoms with Crippen LogP contribution in [-0.2, 0) is 4.74 Å². The van der Waals surface area contributed by atoms with E-state index in [4.69, 9.17) is 9.47 Å². The maximum atomic E-state index is 5.53. The van der Waals surface area contributed by atoms with Gasteiger partial charge in [0.1, 0.15) is 5.75 Å². The number of morpholine rings is 1. The molecule has 0 radical (unpaired) electrons. The van der Waals surface area contributed by atoms with E-state index < -0.39 is 0 Å². The van der Waals surface area contributed by atoms with Crippen LogP contribution in [0.1, 0.15) is 24.4 Å². The summed E-state index contributed by atoms with van der Waals surface area (Å²) in [6.07, 6.45) is 6.57. The van der Waals surface area contributed by atoms with Gasteiger partial charge in [0.05, 0.1) is 26.4 Å². The molecular weight excluding hydrogens is 455 g/mol. The Labute approximate surface area is 179 Å². The summed E-state index contributed by atoms with van der Waals surface area (Å²) in [5.74, 6) is 1.75.